The van der Waals surface area contributed by atoms with E-state index in [1.54, 1.807) is 0 Å². The predicted molar refractivity (Wildman–Crippen MR) is 234 cm³/mol. The fourth-order valence-corrected chi connectivity index (χ4v) is 7.81. The van der Waals surface area contributed by atoms with Gasteiger partial charge in [0, 0.05) is 12.8 Å². The van der Waals surface area contributed by atoms with Crippen molar-refractivity contribution in [1.82, 2.24) is 4.90 Å². The number of esters is 3. The van der Waals surface area contributed by atoms with E-state index in [0.717, 1.165) is 90.1 Å². The van der Waals surface area contributed by atoms with Gasteiger partial charge in [0.05, 0.1) is 12.0 Å². The molecule has 0 aromatic rings. The van der Waals surface area contributed by atoms with Crippen LogP contribution in [0.25, 0.3) is 0 Å². The second-order valence-corrected chi connectivity index (χ2v) is 17.5. The van der Waals surface area contributed by atoms with E-state index in [9.17, 15) is 14.4 Å². The highest BCUT2D eigenvalue weighted by atomic mass is 16.6. The van der Waals surface area contributed by atoms with Crippen LogP contribution in [-0.2, 0) is 33.3 Å². The van der Waals surface area contributed by atoms with Gasteiger partial charge < -0.3 is 23.8 Å². The molecule has 2 rings (SSSR count). The number of rotatable bonds is 35. The second-order valence-electron chi connectivity index (χ2n) is 17.5. The van der Waals surface area contributed by atoms with Crippen LogP contribution in [0.5, 0.6) is 0 Å². The van der Waals surface area contributed by atoms with Crippen molar-refractivity contribution < 1.29 is 33.3 Å². The number of carbonyl (C=O) groups is 3. The molecule has 0 N–H and O–H groups in total. The molecule has 0 spiro atoms. The van der Waals surface area contributed by atoms with Gasteiger partial charge in [-0.25, -0.2) is 0 Å². The summed E-state index contributed by atoms with van der Waals surface area (Å²) in [6, 6.07) is 0. The van der Waals surface area contributed by atoms with Crippen molar-refractivity contribution in [2.45, 2.75) is 232 Å². The van der Waals surface area contributed by atoms with Gasteiger partial charge in [-0.3, -0.25) is 14.4 Å². The molecule has 2 heterocycles. The lowest BCUT2D eigenvalue weighted by atomic mass is 9.80. The lowest BCUT2D eigenvalue weighted by molar-refractivity contribution is -0.171. The van der Waals surface area contributed by atoms with Gasteiger partial charge in [0.15, 0.2) is 12.2 Å². The summed E-state index contributed by atoms with van der Waals surface area (Å²) in [7, 11) is 2.06. The molecule has 2 saturated heterocycles. The molecule has 330 valence electrons. The summed E-state index contributed by atoms with van der Waals surface area (Å²) in [6.07, 6.45) is 40.4. The first kappa shape index (κ1) is 51.0. The summed E-state index contributed by atoms with van der Waals surface area (Å²) in [5.41, 5.74) is -0.545. The van der Waals surface area contributed by atoms with E-state index in [4.69, 9.17) is 18.9 Å². The summed E-state index contributed by atoms with van der Waals surface area (Å²) in [6.45, 7) is 8.26. The summed E-state index contributed by atoms with van der Waals surface area (Å²) in [5, 5.41) is 0. The Hall–Kier alpha value is -2.19. The van der Waals surface area contributed by atoms with Crippen molar-refractivity contribution in [1.29, 1.82) is 0 Å². The van der Waals surface area contributed by atoms with Gasteiger partial charge in [0.1, 0.15) is 12.7 Å². The first-order valence-electron chi connectivity index (χ1n) is 24.0. The zero-order valence-corrected chi connectivity index (χ0v) is 37.4. The highest BCUT2D eigenvalue weighted by Gasteiger charge is 2.45. The lowest BCUT2D eigenvalue weighted by Gasteiger charge is -2.36. The quantitative estimate of drug-likeness (QED) is 0.0271. The van der Waals surface area contributed by atoms with Crippen molar-refractivity contribution in [2.75, 3.05) is 33.4 Å². The number of hydrogen-bond donors (Lipinski definition) is 0. The molecular formula is C49H87NO7. The Bertz CT molecular complexity index is 1080. The minimum absolute atomic E-state index is 0.0299. The van der Waals surface area contributed by atoms with Crippen LogP contribution in [0.2, 0.25) is 0 Å². The molecule has 0 saturated carbocycles. The average molecular weight is 802 g/mol. The Morgan fingerprint density at radius 3 is 1.46 bits per heavy atom. The molecule has 8 heteroatoms. The first-order chi connectivity index (χ1) is 27.8. The van der Waals surface area contributed by atoms with E-state index in [1.165, 1.54) is 103 Å². The van der Waals surface area contributed by atoms with Crippen molar-refractivity contribution >= 4 is 17.9 Å². The molecular weight excluding hydrogens is 715 g/mol. The van der Waals surface area contributed by atoms with Crippen LogP contribution < -0.4 is 0 Å². The third-order valence-electron chi connectivity index (χ3n) is 12.0. The molecule has 0 aromatic heterocycles. The molecule has 2 aliphatic heterocycles. The fourth-order valence-electron chi connectivity index (χ4n) is 7.81. The number of piperidine rings is 1. The van der Waals surface area contributed by atoms with E-state index in [-0.39, 0.29) is 31.1 Å². The number of carbonyl (C=O) groups excluding carboxylic acids is 3. The van der Waals surface area contributed by atoms with Crippen LogP contribution in [-0.4, -0.2) is 74.5 Å². The molecule has 0 unspecified atom stereocenters. The molecule has 0 aliphatic carbocycles. The minimum atomic E-state index is -0.795. The molecule has 8 nitrogen and oxygen atoms in total. The lowest BCUT2D eigenvalue weighted by Crippen LogP contribution is -2.44. The maximum Gasteiger partial charge on any atom is 0.311 e. The third-order valence-corrected chi connectivity index (χ3v) is 12.0. The Morgan fingerprint density at radius 1 is 0.596 bits per heavy atom. The number of likely N-dealkylation sites (tertiary alicyclic amines) is 1. The largest absolute Gasteiger partial charge is 0.462 e. The van der Waals surface area contributed by atoms with E-state index in [0.29, 0.717) is 12.8 Å². The Morgan fingerprint density at radius 2 is 1.00 bits per heavy atom. The van der Waals surface area contributed by atoms with E-state index < -0.39 is 23.7 Å². The fraction of sp³-hybridized carbons (Fsp3) is 0.857. The van der Waals surface area contributed by atoms with Gasteiger partial charge in [-0.2, -0.15) is 0 Å². The van der Waals surface area contributed by atoms with Crippen LogP contribution in [0.4, 0.5) is 0 Å². The smallest absolute Gasteiger partial charge is 0.311 e. The number of allylic oxidation sites excluding steroid dienone is 4. The zero-order valence-electron chi connectivity index (χ0n) is 37.4. The van der Waals surface area contributed by atoms with Crippen LogP contribution >= 0.6 is 0 Å². The Kier molecular flexibility index (Phi) is 30.1. The SMILES string of the molecule is CCCCCCCC/C=C\CCCCCCCC(=O)O[C@@H]1[C@@H](OC(=O)CCCCCCC/C=C\CCCCCCCC)CO[C@@H]1COC(=O)C1(C)CCN(C)CC1. The molecule has 0 amide bonds. The van der Waals surface area contributed by atoms with Crippen LogP contribution in [0.3, 0.4) is 0 Å². The maximum atomic E-state index is 13.2. The highest BCUT2D eigenvalue weighted by molar-refractivity contribution is 5.76. The van der Waals surface area contributed by atoms with Crippen LogP contribution in [0, 0.1) is 5.41 Å². The number of hydrogen-bond acceptors (Lipinski definition) is 8. The summed E-state index contributed by atoms with van der Waals surface area (Å²) in [4.78, 5) is 41.4. The van der Waals surface area contributed by atoms with Crippen LogP contribution in [0.1, 0.15) is 213 Å². The molecule has 3 atom stereocenters. The molecule has 0 bridgehead atoms. The number of nitrogens with zero attached hydrogens (tertiary/aromatic N) is 1. The maximum absolute atomic E-state index is 13.2. The molecule has 2 fully saturated rings. The van der Waals surface area contributed by atoms with Crippen molar-refractivity contribution in [3.63, 3.8) is 0 Å². The standard InChI is InChI=1S/C49H87NO7/c1-5-7-9-11-13-15-17-19-21-23-25-27-29-31-33-35-45(51)56-44-42-54-43(41-55-48(53)49(3)37-39-50(4)40-38-49)47(44)57-46(52)36-34-32-30-28-26-24-22-20-18-16-14-12-10-8-6-2/h19-22,43-44,47H,5-18,23-42H2,1-4H3/b21-19-,22-20-/t43-,44+,47+/m1/s1. The monoisotopic (exact) mass is 802 g/mol. The van der Waals surface area contributed by atoms with Gasteiger partial charge in [0.2, 0.25) is 0 Å². The number of unbranched alkanes of at least 4 members (excludes halogenated alkanes) is 22. The molecule has 57 heavy (non-hydrogen) atoms. The van der Waals surface area contributed by atoms with Gasteiger partial charge in [-0.15, -0.1) is 0 Å². The van der Waals surface area contributed by atoms with Gasteiger partial charge in [-0.1, -0.05) is 141 Å². The Labute approximate surface area is 350 Å². The normalized spacial score (nSPS) is 19.8. The van der Waals surface area contributed by atoms with Crippen LogP contribution in [0.15, 0.2) is 24.3 Å². The Balaban J connectivity index is 1.69. The van der Waals surface area contributed by atoms with Gasteiger partial charge in [-0.05, 0) is 104 Å². The van der Waals surface area contributed by atoms with E-state index in [2.05, 4.69) is 50.1 Å². The second kappa shape index (κ2) is 33.6. The molecule has 2 aliphatic rings. The summed E-state index contributed by atoms with van der Waals surface area (Å²) >= 11 is 0. The van der Waals surface area contributed by atoms with E-state index >= 15 is 0 Å². The summed E-state index contributed by atoms with van der Waals surface area (Å²) in [5.74, 6) is -0.863. The van der Waals surface area contributed by atoms with Crippen molar-refractivity contribution in [3.8, 4) is 0 Å². The molecule has 0 aromatic carbocycles. The first-order valence-corrected chi connectivity index (χ1v) is 24.0. The topological polar surface area (TPSA) is 91.4 Å². The highest BCUT2D eigenvalue weighted by Crippen LogP contribution is 2.32. The average Bonchev–Trinajstić information content (AvgIpc) is 3.57. The van der Waals surface area contributed by atoms with Gasteiger partial charge in [0.25, 0.3) is 0 Å². The van der Waals surface area contributed by atoms with E-state index in [1.807, 2.05) is 6.92 Å². The van der Waals surface area contributed by atoms with Crippen molar-refractivity contribution in [3.05, 3.63) is 24.3 Å². The minimum Gasteiger partial charge on any atom is -0.462 e. The zero-order chi connectivity index (χ0) is 41.2. The third kappa shape index (κ3) is 25.1. The summed E-state index contributed by atoms with van der Waals surface area (Å²) < 4.78 is 23.6. The van der Waals surface area contributed by atoms with Crippen molar-refractivity contribution in [2.24, 2.45) is 5.41 Å². The van der Waals surface area contributed by atoms with Gasteiger partial charge >= 0.3 is 17.9 Å². The predicted octanol–water partition coefficient (Wildman–Crippen LogP) is 12.6. The number of ether oxygens (including phenoxy) is 4. The molecule has 0 radical (unpaired) electrons.